The van der Waals surface area contributed by atoms with Gasteiger partial charge in [0.15, 0.2) is 5.82 Å². The second kappa shape index (κ2) is 5.64. The molecule has 20 heavy (non-hydrogen) atoms. The molecule has 7 heteroatoms. The maximum Gasteiger partial charge on any atom is 0.234 e. The van der Waals surface area contributed by atoms with Crippen LogP contribution in [0.3, 0.4) is 0 Å². The first-order chi connectivity index (χ1) is 9.78. The normalized spacial score (nSPS) is 12.9. The summed E-state index contributed by atoms with van der Waals surface area (Å²) in [5.41, 5.74) is 6.98. The molecular weight excluding hydrogens is 272 g/mol. The van der Waals surface area contributed by atoms with Crippen LogP contribution in [-0.2, 0) is 6.42 Å². The first-order valence-corrected chi connectivity index (χ1v) is 7.46. The van der Waals surface area contributed by atoms with E-state index in [1.807, 2.05) is 12.1 Å². The van der Waals surface area contributed by atoms with E-state index in [1.54, 1.807) is 28.2 Å². The van der Waals surface area contributed by atoms with E-state index in [0.29, 0.717) is 0 Å². The number of rotatable bonds is 5. The van der Waals surface area contributed by atoms with Crippen LogP contribution in [0.15, 0.2) is 24.5 Å². The third-order valence-corrected chi connectivity index (χ3v) is 3.97. The SMILES string of the molecule is CCCC(N)Cc1nn2c(-c3cccnc3)nnc2s1. The molecule has 0 aromatic carbocycles. The van der Waals surface area contributed by atoms with E-state index < -0.39 is 0 Å². The maximum atomic E-state index is 6.07. The fourth-order valence-electron chi connectivity index (χ4n) is 2.11. The summed E-state index contributed by atoms with van der Waals surface area (Å²) in [5, 5.41) is 13.9. The summed E-state index contributed by atoms with van der Waals surface area (Å²) in [7, 11) is 0. The van der Waals surface area contributed by atoms with Crippen LogP contribution in [0.25, 0.3) is 16.3 Å². The van der Waals surface area contributed by atoms with E-state index in [0.717, 1.165) is 40.6 Å². The zero-order valence-corrected chi connectivity index (χ0v) is 12.0. The molecule has 3 rings (SSSR count). The Morgan fingerprint density at radius 1 is 1.40 bits per heavy atom. The van der Waals surface area contributed by atoms with E-state index >= 15 is 0 Å². The first-order valence-electron chi connectivity index (χ1n) is 6.65. The van der Waals surface area contributed by atoms with Crippen molar-refractivity contribution >= 4 is 16.3 Å². The van der Waals surface area contributed by atoms with Gasteiger partial charge in [0.05, 0.1) is 0 Å². The molecule has 6 nitrogen and oxygen atoms in total. The first kappa shape index (κ1) is 13.1. The van der Waals surface area contributed by atoms with Gasteiger partial charge >= 0.3 is 0 Å². The molecule has 0 bridgehead atoms. The summed E-state index contributed by atoms with van der Waals surface area (Å²) in [5.74, 6) is 0.722. The van der Waals surface area contributed by atoms with Gasteiger partial charge in [-0.25, -0.2) is 0 Å². The molecule has 0 radical (unpaired) electrons. The Bertz CT molecular complexity index is 689. The minimum Gasteiger partial charge on any atom is -0.327 e. The van der Waals surface area contributed by atoms with Gasteiger partial charge in [-0.2, -0.15) is 9.61 Å². The van der Waals surface area contributed by atoms with Gasteiger partial charge in [0.1, 0.15) is 5.01 Å². The molecule has 0 saturated heterocycles. The molecule has 0 aliphatic rings. The maximum absolute atomic E-state index is 6.07. The van der Waals surface area contributed by atoms with Crippen molar-refractivity contribution in [3.63, 3.8) is 0 Å². The second-order valence-corrected chi connectivity index (χ2v) is 5.75. The summed E-state index contributed by atoms with van der Waals surface area (Å²) in [6, 6.07) is 3.98. The molecule has 0 amide bonds. The van der Waals surface area contributed by atoms with Crippen LogP contribution in [-0.4, -0.2) is 30.8 Å². The van der Waals surface area contributed by atoms with E-state index in [2.05, 4.69) is 27.2 Å². The molecule has 0 spiro atoms. The molecular formula is C13H16N6S. The second-order valence-electron chi connectivity index (χ2n) is 4.71. The van der Waals surface area contributed by atoms with E-state index in [9.17, 15) is 0 Å². The molecule has 0 aliphatic carbocycles. The summed E-state index contributed by atoms with van der Waals surface area (Å²) in [6.07, 6.45) is 6.38. The molecule has 3 aromatic heterocycles. The Hall–Kier alpha value is -1.86. The molecule has 0 saturated carbocycles. The van der Waals surface area contributed by atoms with E-state index in [-0.39, 0.29) is 6.04 Å². The van der Waals surface area contributed by atoms with Crippen LogP contribution in [0.2, 0.25) is 0 Å². The lowest BCUT2D eigenvalue weighted by molar-refractivity contribution is 0.595. The van der Waals surface area contributed by atoms with Crippen LogP contribution in [0.1, 0.15) is 24.8 Å². The van der Waals surface area contributed by atoms with Crippen molar-refractivity contribution in [3.8, 4) is 11.4 Å². The van der Waals surface area contributed by atoms with E-state index in [4.69, 9.17) is 5.73 Å². The molecule has 1 unspecified atom stereocenters. The highest BCUT2D eigenvalue weighted by molar-refractivity contribution is 7.16. The minimum absolute atomic E-state index is 0.158. The smallest absolute Gasteiger partial charge is 0.234 e. The van der Waals surface area contributed by atoms with Crippen molar-refractivity contribution in [2.75, 3.05) is 0 Å². The van der Waals surface area contributed by atoms with Crippen molar-refractivity contribution in [3.05, 3.63) is 29.5 Å². The van der Waals surface area contributed by atoms with Crippen LogP contribution in [0.4, 0.5) is 0 Å². The molecule has 3 heterocycles. The van der Waals surface area contributed by atoms with Crippen LogP contribution < -0.4 is 5.73 Å². The van der Waals surface area contributed by atoms with Crippen molar-refractivity contribution in [1.82, 2.24) is 24.8 Å². The Labute approximate surface area is 120 Å². The van der Waals surface area contributed by atoms with Gasteiger partial charge < -0.3 is 5.73 Å². The highest BCUT2D eigenvalue weighted by Gasteiger charge is 2.14. The van der Waals surface area contributed by atoms with Crippen LogP contribution >= 0.6 is 11.3 Å². The highest BCUT2D eigenvalue weighted by Crippen LogP contribution is 2.21. The van der Waals surface area contributed by atoms with Crippen molar-refractivity contribution in [2.45, 2.75) is 32.2 Å². The van der Waals surface area contributed by atoms with Gasteiger partial charge in [0.25, 0.3) is 0 Å². The summed E-state index contributed by atoms with van der Waals surface area (Å²) in [6.45, 7) is 2.14. The largest absolute Gasteiger partial charge is 0.327 e. The minimum atomic E-state index is 0.158. The Morgan fingerprint density at radius 2 is 2.30 bits per heavy atom. The third-order valence-electron chi connectivity index (χ3n) is 3.05. The summed E-state index contributed by atoms with van der Waals surface area (Å²) >= 11 is 1.54. The zero-order chi connectivity index (χ0) is 13.9. The predicted octanol–water partition coefficient (Wildman–Crippen LogP) is 1.92. The average molecular weight is 288 g/mol. The molecule has 0 fully saturated rings. The lowest BCUT2D eigenvalue weighted by Crippen LogP contribution is -2.22. The predicted molar refractivity (Wildman–Crippen MR) is 78.5 cm³/mol. The number of nitrogens with two attached hydrogens (primary N) is 1. The number of hydrogen-bond donors (Lipinski definition) is 1. The van der Waals surface area contributed by atoms with Gasteiger partial charge in [-0.1, -0.05) is 24.7 Å². The summed E-state index contributed by atoms with van der Waals surface area (Å²) in [4.78, 5) is 4.90. The van der Waals surface area contributed by atoms with Gasteiger partial charge in [-0.15, -0.1) is 10.2 Å². The quantitative estimate of drug-likeness (QED) is 0.775. The monoisotopic (exact) mass is 288 g/mol. The number of pyridine rings is 1. The van der Waals surface area contributed by atoms with Gasteiger partial charge in [-0.3, -0.25) is 4.98 Å². The molecule has 3 aromatic rings. The van der Waals surface area contributed by atoms with Crippen molar-refractivity contribution in [1.29, 1.82) is 0 Å². The highest BCUT2D eigenvalue weighted by atomic mass is 32.1. The Kier molecular flexibility index (Phi) is 3.70. The Morgan fingerprint density at radius 3 is 3.05 bits per heavy atom. The van der Waals surface area contributed by atoms with Crippen molar-refractivity contribution in [2.24, 2.45) is 5.73 Å². The average Bonchev–Trinajstić information content (AvgIpc) is 2.99. The Balaban J connectivity index is 1.91. The number of fused-ring (bicyclic) bond motifs is 1. The standard InChI is InChI=1S/C13H16N6S/c1-2-4-10(14)7-11-18-19-12(16-17-13(19)20-11)9-5-3-6-15-8-9/h3,5-6,8,10H,2,4,7,14H2,1H3. The molecule has 0 aliphatic heterocycles. The fourth-order valence-corrected chi connectivity index (χ4v) is 3.04. The van der Waals surface area contributed by atoms with E-state index in [1.165, 1.54) is 0 Å². The number of hydrogen-bond acceptors (Lipinski definition) is 6. The fraction of sp³-hybridized carbons (Fsp3) is 0.385. The number of aromatic nitrogens is 5. The number of nitrogens with zero attached hydrogens (tertiary/aromatic N) is 5. The zero-order valence-electron chi connectivity index (χ0n) is 11.2. The van der Waals surface area contributed by atoms with Crippen LogP contribution in [0.5, 0.6) is 0 Å². The topological polar surface area (TPSA) is 82.0 Å². The lowest BCUT2D eigenvalue weighted by atomic mass is 10.1. The molecule has 104 valence electrons. The lowest BCUT2D eigenvalue weighted by Gasteiger charge is -2.06. The van der Waals surface area contributed by atoms with Crippen LogP contribution in [0, 0.1) is 0 Å². The summed E-state index contributed by atoms with van der Waals surface area (Å²) < 4.78 is 1.77. The van der Waals surface area contributed by atoms with Gasteiger partial charge in [-0.05, 0) is 18.6 Å². The third kappa shape index (κ3) is 2.54. The molecule has 2 N–H and O–H groups in total. The van der Waals surface area contributed by atoms with Gasteiger partial charge in [0, 0.05) is 30.4 Å². The van der Waals surface area contributed by atoms with Crippen molar-refractivity contribution < 1.29 is 0 Å². The molecule has 1 atom stereocenters. The van der Waals surface area contributed by atoms with Gasteiger partial charge in [0.2, 0.25) is 4.96 Å².